The van der Waals surface area contributed by atoms with Crippen molar-refractivity contribution in [2.45, 2.75) is 52.5 Å². The van der Waals surface area contributed by atoms with Crippen LogP contribution in [0.3, 0.4) is 0 Å². The molecule has 0 aliphatic carbocycles. The number of hydrogen-bond donors (Lipinski definition) is 0. The summed E-state index contributed by atoms with van der Waals surface area (Å²) < 4.78 is 14.8. The molecular weight excluding hydrogens is 311 g/mol. The van der Waals surface area contributed by atoms with E-state index in [9.17, 15) is 4.39 Å². The van der Waals surface area contributed by atoms with Gasteiger partial charge in [0.15, 0.2) is 0 Å². The number of aliphatic imine (C=N–C) groups is 1. The lowest BCUT2D eigenvalue weighted by atomic mass is 9.79. The highest BCUT2D eigenvalue weighted by Crippen LogP contribution is 2.43. The van der Waals surface area contributed by atoms with E-state index in [4.69, 9.17) is 0 Å². The van der Waals surface area contributed by atoms with Crippen LogP contribution >= 0.6 is 0 Å². The molecule has 0 spiro atoms. The highest BCUT2D eigenvalue weighted by Gasteiger charge is 2.36. The molecule has 1 aliphatic rings. The fourth-order valence-electron chi connectivity index (χ4n) is 4.07. The zero-order valence-corrected chi connectivity index (χ0v) is 15.8. The van der Waals surface area contributed by atoms with Gasteiger partial charge in [-0.15, -0.1) is 0 Å². The second-order valence-electron chi connectivity index (χ2n) is 7.64. The predicted molar refractivity (Wildman–Crippen MR) is 105 cm³/mol. The Labute approximate surface area is 150 Å². The van der Waals surface area contributed by atoms with Crippen LogP contribution in [0.15, 0.2) is 41.4 Å². The molecule has 0 fully saturated rings. The average Bonchev–Trinajstić information content (AvgIpc) is 2.54. The maximum Gasteiger partial charge on any atom is 0.134 e. The number of hydrogen-bond acceptors (Lipinski definition) is 2. The zero-order chi connectivity index (χ0) is 18.2. The fourth-order valence-corrected chi connectivity index (χ4v) is 4.07. The molecule has 3 rings (SSSR count). The molecule has 3 heteroatoms. The third kappa shape index (κ3) is 3.33. The summed E-state index contributed by atoms with van der Waals surface area (Å²) in [5.74, 6) is 0.193. The quantitative estimate of drug-likeness (QED) is 0.627. The molecule has 0 amide bonds. The smallest absolute Gasteiger partial charge is 0.134 e. The van der Waals surface area contributed by atoms with Gasteiger partial charge in [-0.2, -0.15) is 0 Å². The van der Waals surface area contributed by atoms with E-state index in [0.717, 1.165) is 29.9 Å². The van der Waals surface area contributed by atoms with Crippen molar-refractivity contribution in [1.82, 2.24) is 0 Å². The Bertz CT molecular complexity index is 808. The van der Waals surface area contributed by atoms with Gasteiger partial charge >= 0.3 is 0 Å². The van der Waals surface area contributed by atoms with Crippen molar-refractivity contribution in [3.63, 3.8) is 0 Å². The Kier molecular flexibility index (Phi) is 4.68. The van der Waals surface area contributed by atoms with Crippen molar-refractivity contribution < 1.29 is 4.39 Å². The summed E-state index contributed by atoms with van der Waals surface area (Å²) >= 11 is 0. The molecule has 2 aromatic carbocycles. The molecule has 2 aromatic rings. The van der Waals surface area contributed by atoms with Crippen molar-refractivity contribution in [1.29, 1.82) is 0 Å². The molecule has 1 aliphatic heterocycles. The highest BCUT2D eigenvalue weighted by molar-refractivity contribution is 5.84. The van der Waals surface area contributed by atoms with Gasteiger partial charge in [-0.05, 0) is 69.4 Å². The van der Waals surface area contributed by atoms with Crippen LogP contribution in [0.4, 0.5) is 15.8 Å². The first kappa shape index (κ1) is 17.7. The molecule has 0 saturated heterocycles. The van der Waals surface area contributed by atoms with Crippen LogP contribution in [0.5, 0.6) is 0 Å². The van der Waals surface area contributed by atoms with Gasteiger partial charge in [0.1, 0.15) is 5.82 Å². The lowest BCUT2D eigenvalue weighted by Gasteiger charge is -2.47. The summed E-state index contributed by atoms with van der Waals surface area (Å²) in [5, 5.41) is 0. The average molecular weight is 338 g/mol. The van der Waals surface area contributed by atoms with E-state index >= 15 is 0 Å². The van der Waals surface area contributed by atoms with Crippen LogP contribution < -0.4 is 4.90 Å². The topological polar surface area (TPSA) is 15.6 Å². The number of anilines is 1. The molecule has 25 heavy (non-hydrogen) atoms. The third-order valence-corrected chi connectivity index (χ3v) is 5.28. The fraction of sp³-hybridized carbons (Fsp3) is 0.409. The van der Waals surface area contributed by atoms with Crippen molar-refractivity contribution in [2.75, 3.05) is 11.4 Å². The minimum atomic E-state index is -0.209. The largest absolute Gasteiger partial charge is 0.366 e. The predicted octanol–water partition coefficient (Wildman–Crippen LogP) is 6.00. The minimum absolute atomic E-state index is 0.0460. The maximum atomic E-state index is 14.8. The van der Waals surface area contributed by atoms with Gasteiger partial charge in [0, 0.05) is 29.5 Å². The number of rotatable bonds is 3. The first-order valence-electron chi connectivity index (χ1n) is 9.04. The van der Waals surface area contributed by atoms with E-state index in [-0.39, 0.29) is 11.4 Å². The van der Waals surface area contributed by atoms with Gasteiger partial charge in [-0.25, -0.2) is 4.39 Å². The van der Waals surface area contributed by atoms with Crippen molar-refractivity contribution in [3.8, 4) is 0 Å². The number of para-hydroxylation sites is 1. The molecule has 1 unspecified atom stereocenters. The van der Waals surface area contributed by atoms with E-state index < -0.39 is 0 Å². The standard InChI is InChI=1S/C22H27FN2/c1-6-25-21-12-19(23)17(11-18(21)16(3)13-22(25,4)5)14-24-20-10-8-7-9-15(20)2/h7-12,14,16H,6,13H2,1-5H3. The molecule has 1 heterocycles. The number of fused-ring (bicyclic) bond motifs is 1. The Balaban J connectivity index is 2.02. The number of benzene rings is 2. The highest BCUT2D eigenvalue weighted by atomic mass is 19.1. The van der Waals surface area contributed by atoms with Crippen LogP contribution in [-0.2, 0) is 0 Å². The van der Waals surface area contributed by atoms with Crippen molar-refractivity contribution >= 4 is 17.6 Å². The molecule has 0 saturated carbocycles. The maximum absolute atomic E-state index is 14.8. The lowest BCUT2D eigenvalue weighted by Crippen LogP contribution is -2.48. The van der Waals surface area contributed by atoms with Gasteiger partial charge in [0.25, 0.3) is 0 Å². The van der Waals surface area contributed by atoms with E-state index in [1.807, 2.05) is 37.3 Å². The lowest BCUT2D eigenvalue weighted by molar-refractivity contribution is 0.380. The minimum Gasteiger partial charge on any atom is -0.366 e. The van der Waals surface area contributed by atoms with Gasteiger partial charge in [-0.3, -0.25) is 4.99 Å². The Hall–Kier alpha value is -2.16. The first-order valence-corrected chi connectivity index (χ1v) is 9.04. The van der Waals surface area contributed by atoms with Crippen LogP contribution in [0, 0.1) is 12.7 Å². The molecule has 0 bridgehead atoms. The summed E-state index contributed by atoms with van der Waals surface area (Å²) in [7, 11) is 0. The van der Waals surface area contributed by atoms with Crippen LogP contribution in [-0.4, -0.2) is 18.3 Å². The molecule has 0 aromatic heterocycles. The van der Waals surface area contributed by atoms with Gasteiger partial charge in [0.2, 0.25) is 0 Å². The Morgan fingerprint density at radius 1 is 1.28 bits per heavy atom. The van der Waals surface area contributed by atoms with E-state index in [0.29, 0.717) is 11.5 Å². The summed E-state index contributed by atoms with van der Waals surface area (Å²) in [5.41, 5.74) is 4.81. The second kappa shape index (κ2) is 6.62. The summed E-state index contributed by atoms with van der Waals surface area (Å²) in [4.78, 5) is 6.81. The van der Waals surface area contributed by atoms with Gasteiger partial charge < -0.3 is 4.90 Å². The van der Waals surface area contributed by atoms with E-state index in [2.05, 4.69) is 37.6 Å². The summed E-state index contributed by atoms with van der Waals surface area (Å²) in [6.45, 7) is 11.7. The monoisotopic (exact) mass is 338 g/mol. The third-order valence-electron chi connectivity index (χ3n) is 5.28. The zero-order valence-electron chi connectivity index (χ0n) is 15.8. The molecule has 2 nitrogen and oxygen atoms in total. The Morgan fingerprint density at radius 2 is 2.00 bits per heavy atom. The second-order valence-corrected chi connectivity index (χ2v) is 7.64. The molecular formula is C22H27FN2. The summed E-state index contributed by atoms with van der Waals surface area (Å²) in [6, 6.07) is 11.6. The number of aryl methyl sites for hydroxylation is 1. The van der Waals surface area contributed by atoms with Crippen LogP contribution in [0.1, 0.15) is 56.7 Å². The first-order chi connectivity index (χ1) is 11.8. The molecule has 132 valence electrons. The van der Waals surface area contributed by atoms with Crippen molar-refractivity contribution in [2.24, 2.45) is 4.99 Å². The molecule has 1 atom stereocenters. The molecule has 0 radical (unpaired) electrons. The van der Waals surface area contributed by atoms with Crippen molar-refractivity contribution in [3.05, 3.63) is 58.9 Å². The summed E-state index contributed by atoms with van der Waals surface area (Å²) in [6.07, 6.45) is 2.72. The molecule has 0 N–H and O–H groups in total. The number of halogens is 1. The van der Waals surface area contributed by atoms with Gasteiger partial charge in [0.05, 0.1) is 5.69 Å². The van der Waals surface area contributed by atoms with E-state index in [1.54, 1.807) is 12.3 Å². The normalized spacial score (nSPS) is 19.3. The van der Waals surface area contributed by atoms with Crippen LogP contribution in [0.2, 0.25) is 0 Å². The number of nitrogens with zero attached hydrogens (tertiary/aromatic N) is 2. The Morgan fingerprint density at radius 3 is 2.68 bits per heavy atom. The SMILES string of the molecule is CCN1c2cc(F)c(C=Nc3ccccc3C)cc2C(C)CC1(C)C. The van der Waals surface area contributed by atoms with Crippen LogP contribution in [0.25, 0.3) is 0 Å². The van der Waals surface area contributed by atoms with E-state index in [1.165, 1.54) is 5.56 Å². The van der Waals surface area contributed by atoms with Gasteiger partial charge in [-0.1, -0.05) is 25.1 Å².